The van der Waals surface area contributed by atoms with Crippen LogP contribution < -0.4 is 32.3 Å². The predicted molar refractivity (Wildman–Crippen MR) is 215 cm³/mol. The lowest BCUT2D eigenvalue weighted by molar-refractivity contribution is -0.153. The number of nitrogens with zero attached hydrogens (tertiary/aromatic N) is 1. The lowest BCUT2D eigenvalue weighted by Crippen LogP contribution is -2.59. The van der Waals surface area contributed by atoms with Gasteiger partial charge in [-0.1, -0.05) is 74.5 Å². The van der Waals surface area contributed by atoms with Crippen LogP contribution in [0.15, 0.2) is 60.7 Å². The Hall–Kier alpha value is -5.16. The predicted octanol–water partition coefficient (Wildman–Crippen LogP) is 1.75. The second-order valence-corrected chi connectivity index (χ2v) is 15.0. The molecule has 6 amide bonds. The number of hydrogen-bond donors (Lipinski definition) is 6. The van der Waals surface area contributed by atoms with Crippen molar-refractivity contribution in [3.63, 3.8) is 0 Å². The van der Waals surface area contributed by atoms with Crippen LogP contribution in [0.2, 0.25) is 0 Å². The van der Waals surface area contributed by atoms with Crippen molar-refractivity contribution in [1.29, 1.82) is 0 Å². The van der Waals surface area contributed by atoms with E-state index in [1.165, 1.54) is 11.8 Å². The molecule has 5 atom stereocenters. The van der Waals surface area contributed by atoms with Crippen LogP contribution in [-0.4, -0.2) is 108 Å². The van der Waals surface area contributed by atoms with Crippen molar-refractivity contribution in [2.45, 2.75) is 96.6 Å². The summed E-state index contributed by atoms with van der Waals surface area (Å²) in [6, 6.07) is 13.0. The summed E-state index contributed by atoms with van der Waals surface area (Å²) in [5, 5.41) is 13.5. The monoisotopic (exact) mass is 811 g/mol. The molecule has 1 heterocycles. The van der Waals surface area contributed by atoms with Gasteiger partial charge in [0.25, 0.3) is 0 Å². The van der Waals surface area contributed by atoms with Crippen molar-refractivity contribution in [3.8, 4) is 0 Å². The number of amides is 6. The van der Waals surface area contributed by atoms with Gasteiger partial charge < -0.3 is 46.7 Å². The highest BCUT2D eigenvalue weighted by atomic mass is 32.2. The maximum absolute atomic E-state index is 14.1. The smallest absolute Gasteiger partial charge is 0.407 e. The number of ether oxygens (including phenoxy) is 2. The van der Waals surface area contributed by atoms with E-state index in [4.69, 9.17) is 15.2 Å². The van der Waals surface area contributed by atoms with Gasteiger partial charge in [0.2, 0.25) is 29.5 Å². The highest BCUT2D eigenvalue weighted by molar-refractivity contribution is 7.99. The van der Waals surface area contributed by atoms with Crippen LogP contribution in [-0.2, 0) is 51.3 Å². The van der Waals surface area contributed by atoms with Crippen molar-refractivity contribution in [2.75, 3.05) is 31.3 Å². The Bertz CT molecular complexity index is 1630. The maximum Gasteiger partial charge on any atom is 0.407 e. The maximum atomic E-state index is 14.1. The number of benzene rings is 2. The molecule has 0 radical (unpaired) electrons. The fourth-order valence-corrected chi connectivity index (χ4v) is 6.82. The fraction of sp³-hybridized carbons (Fsp3) is 0.525. The van der Waals surface area contributed by atoms with Crippen LogP contribution in [0.3, 0.4) is 0 Å². The standard InChI is InChI=1S/C40H57N7O9S/c1-5-55-39(53)33-19-13-21-47(33)38(52)31(22-28-14-8-6-9-15-28)45-36(50)32(24-57-25-43-27(4)48)46-35(49)30(44-37(51)34(41)26(2)3)18-12-20-42-40(54)56-23-29-16-10-7-11-17-29/h6-11,14-17,26,30-34H,5,12-13,18-25,41H2,1-4H3,(H,42,54)(H,43,48)(H,44,51)(H,45,50)(H,46,49)/t30-,31+,32-,33-,34-/m0/s1. The van der Waals surface area contributed by atoms with Crippen molar-refractivity contribution in [1.82, 2.24) is 31.5 Å². The van der Waals surface area contributed by atoms with Crippen LogP contribution in [0, 0.1) is 5.92 Å². The quantitative estimate of drug-likeness (QED) is 0.0571. The number of likely N-dealkylation sites (tertiary alicyclic amines) is 1. The van der Waals surface area contributed by atoms with Gasteiger partial charge in [-0.25, -0.2) is 9.59 Å². The van der Waals surface area contributed by atoms with Crippen LogP contribution in [0.25, 0.3) is 0 Å². The minimum Gasteiger partial charge on any atom is -0.464 e. The van der Waals surface area contributed by atoms with E-state index in [1.807, 2.05) is 48.5 Å². The van der Waals surface area contributed by atoms with E-state index in [0.717, 1.165) is 22.9 Å². The van der Waals surface area contributed by atoms with Gasteiger partial charge in [-0.2, -0.15) is 0 Å². The number of hydrogen-bond acceptors (Lipinski definition) is 11. The molecule has 57 heavy (non-hydrogen) atoms. The molecule has 16 nitrogen and oxygen atoms in total. The van der Waals surface area contributed by atoms with Gasteiger partial charge in [0.05, 0.1) is 18.5 Å². The van der Waals surface area contributed by atoms with Crippen molar-refractivity contribution in [3.05, 3.63) is 71.8 Å². The lowest BCUT2D eigenvalue weighted by Gasteiger charge is -2.30. The summed E-state index contributed by atoms with van der Waals surface area (Å²) in [6.07, 6.45) is 0.762. The van der Waals surface area contributed by atoms with Gasteiger partial charge in [-0.15, -0.1) is 11.8 Å². The van der Waals surface area contributed by atoms with Crippen LogP contribution in [0.5, 0.6) is 0 Å². The number of nitrogens with one attached hydrogen (secondary N) is 5. The van der Waals surface area contributed by atoms with Crippen LogP contribution >= 0.6 is 11.8 Å². The zero-order valence-corrected chi connectivity index (χ0v) is 33.9. The first-order chi connectivity index (χ1) is 27.3. The van der Waals surface area contributed by atoms with Crippen molar-refractivity contribution in [2.24, 2.45) is 11.7 Å². The van der Waals surface area contributed by atoms with E-state index in [-0.39, 0.29) is 62.5 Å². The van der Waals surface area contributed by atoms with E-state index >= 15 is 0 Å². The van der Waals surface area contributed by atoms with E-state index < -0.39 is 65.9 Å². The van der Waals surface area contributed by atoms with Crippen molar-refractivity contribution < 1.29 is 43.0 Å². The summed E-state index contributed by atoms with van der Waals surface area (Å²) < 4.78 is 10.5. The second kappa shape index (κ2) is 24.5. The molecule has 0 saturated carbocycles. The topological polar surface area (TPSA) is 227 Å². The molecular formula is C40H57N7O9S. The largest absolute Gasteiger partial charge is 0.464 e. The SMILES string of the molecule is CCOC(=O)[C@@H]1CCCN1C(=O)[C@@H](Cc1ccccc1)NC(=O)[C@H](CSCNC(C)=O)NC(=O)[C@H](CCCNC(=O)OCc1ccccc1)NC(=O)[C@@H](N)C(C)C. The van der Waals surface area contributed by atoms with Gasteiger partial charge in [-0.05, 0) is 49.7 Å². The third kappa shape index (κ3) is 16.1. The van der Waals surface area contributed by atoms with E-state index in [1.54, 1.807) is 32.9 Å². The first kappa shape index (κ1) is 46.2. The van der Waals surface area contributed by atoms with Gasteiger partial charge in [0, 0.05) is 32.2 Å². The summed E-state index contributed by atoms with van der Waals surface area (Å²) in [5.74, 6) is -3.35. The minimum absolute atomic E-state index is 0.0136. The van der Waals surface area contributed by atoms with Crippen LogP contribution in [0.4, 0.5) is 4.79 Å². The molecule has 1 aliphatic heterocycles. The molecule has 2 aromatic rings. The molecule has 17 heteroatoms. The zero-order valence-electron chi connectivity index (χ0n) is 33.1. The molecule has 3 rings (SSSR count). The first-order valence-corrected chi connectivity index (χ1v) is 20.4. The lowest BCUT2D eigenvalue weighted by atomic mass is 10.0. The molecule has 1 aliphatic rings. The number of carbonyl (C=O) groups excluding carboxylic acids is 7. The number of carbonyl (C=O) groups is 7. The summed E-state index contributed by atoms with van der Waals surface area (Å²) in [4.78, 5) is 93.4. The Labute approximate surface area is 338 Å². The molecule has 312 valence electrons. The normalized spacial score (nSPS) is 15.7. The van der Waals surface area contributed by atoms with Gasteiger partial charge in [-0.3, -0.25) is 24.0 Å². The Balaban J connectivity index is 1.79. The zero-order chi connectivity index (χ0) is 41.7. The number of esters is 1. The number of nitrogens with two attached hydrogens (primary N) is 1. The summed E-state index contributed by atoms with van der Waals surface area (Å²) >= 11 is 1.16. The molecule has 1 fully saturated rings. The van der Waals surface area contributed by atoms with E-state index in [9.17, 15) is 33.6 Å². The molecular weight excluding hydrogens is 755 g/mol. The molecule has 2 aromatic carbocycles. The Morgan fingerprint density at radius 2 is 1.44 bits per heavy atom. The first-order valence-electron chi connectivity index (χ1n) is 19.2. The molecule has 0 unspecified atom stereocenters. The minimum atomic E-state index is -1.23. The Kier molecular flexibility index (Phi) is 19.8. The third-order valence-corrected chi connectivity index (χ3v) is 10.1. The summed E-state index contributed by atoms with van der Waals surface area (Å²) in [5.41, 5.74) is 7.67. The van der Waals surface area contributed by atoms with Crippen LogP contribution in [0.1, 0.15) is 64.5 Å². The number of rotatable bonds is 22. The second-order valence-electron chi connectivity index (χ2n) is 14.0. The average Bonchev–Trinajstić information content (AvgIpc) is 3.69. The average molecular weight is 812 g/mol. The molecule has 7 N–H and O–H groups in total. The summed E-state index contributed by atoms with van der Waals surface area (Å²) in [7, 11) is 0. The van der Waals surface area contributed by atoms with Gasteiger partial charge in [0.1, 0.15) is 30.8 Å². The summed E-state index contributed by atoms with van der Waals surface area (Å²) in [6.45, 7) is 7.21. The number of thioether (sulfide) groups is 1. The van der Waals surface area contributed by atoms with Gasteiger partial charge >= 0.3 is 12.1 Å². The molecule has 0 aromatic heterocycles. The molecule has 0 spiro atoms. The van der Waals surface area contributed by atoms with Crippen molar-refractivity contribution >= 4 is 53.4 Å². The Morgan fingerprint density at radius 3 is 2.07 bits per heavy atom. The highest BCUT2D eigenvalue weighted by Crippen LogP contribution is 2.21. The van der Waals surface area contributed by atoms with Gasteiger partial charge in [0.15, 0.2) is 0 Å². The van der Waals surface area contributed by atoms with E-state index in [2.05, 4.69) is 26.6 Å². The Morgan fingerprint density at radius 1 is 0.825 bits per heavy atom. The molecule has 0 bridgehead atoms. The third-order valence-electron chi connectivity index (χ3n) is 9.14. The fourth-order valence-electron chi connectivity index (χ4n) is 5.93. The van der Waals surface area contributed by atoms with E-state index in [0.29, 0.717) is 19.4 Å². The number of alkyl carbamates (subject to hydrolysis) is 1. The molecule has 1 saturated heterocycles. The highest BCUT2D eigenvalue weighted by Gasteiger charge is 2.39. The molecule has 0 aliphatic carbocycles.